The van der Waals surface area contributed by atoms with Crippen LogP contribution in [0, 0.1) is 0 Å². The van der Waals surface area contributed by atoms with Gasteiger partial charge in [0.2, 0.25) is 10.8 Å². The van der Waals surface area contributed by atoms with Crippen LogP contribution in [0.4, 0.5) is 0 Å². The number of quaternary nitrogens is 1. The summed E-state index contributed by atoms with van der Waals surface area (Å²) < 4.78 is 18.7. The van der Waals surface area contributed by atoms with E-state index in [1.165, 1.54) is 27.1 Å². The number of methoxy groups -OCH3 is 1. The minimum atomic E-state index is -0.421. The molecule has 1 spiro atoms. The van der Waals surface area contributed by atoms with Gasteiger partial charge in [-0.1, -0.05) is 23.5 Å². The van der Waals surface area contributed by atoms with Gasteiger partial charge in [-0.3, -0.25) is 0 Å². The predicted molar refractivity (Wildman–Crippen MR) is 102 cm³/mol. The summed E-state index contributed by atoms with van der Waals surface area (Å²) in [7, 11) is 1.67. The number of benzene rings is 1. The molecule has 0 bridgehead atoms. The molecule has 5 rings (SSSR count). The van der Waals surface area contributed by atoms with Crippen molar-refractivity contribution in [2.24, 2.45) is 0 Å². The molecular formula is C19H23N4O4S+. The van der Waals surface area contributed by atoms with Crippen LogP contribution in [0.3, 0.4) is 0 Å². The van der Waals surface area contributed by atoms with Gasteiger partial charge in [-0.15, -0.1) is 0 Å². The highest BCUT2D eigenvalue weighted by Gasteiger charge is 2.45. The lowest BCUT2D eigenvalue weighted by molar-refractivity contribution is -0.933. The first kappa shape index (κ1) is 17.9. The molecule has 4 heterocycles. The smallest absolute Gasteiger partial charge is 0.235 e. The molecule has 1 aromatic carbocycles. The third-order valence-corrected chi connectivity index (χ3v) is 6.80. The first-order valence-corrected chi connectivity index (χ1v) is 10.3. The molecule has 2 aliphatic heterocycles. The summed E-state index contributed by atoms with van der Waals surface area (Å²) in [6, 6.07) is 8.01. The minimum absolute atomic E-state index is 0.0395. The van der Waals surface area contributed by atoms with E-state index >= 15 is 0 Å². The number of hydrogen-bond donors (Lipinski definition) is 2. The molecule has 0 aliphatic carbocycles. The molecule has 2 aliphatic rings. The summed E-state index contributed by atoms with van der Waals surface area (Å²) in [5.41, 5.74) is 1.10. The first-order chi connectivity index (χ1) is 13.7. The van der Waals surface area contributed by atoms with Crippen LogP contribution in [0.2, 0.25) is 0 Å². The second-order valence-corrected chi connectivity index (χ2v) is 8.23. The number of rotatable bonds is 4. The number of nitrogens with one attached hydrogen (secondary N) is 1. The number of aromatic nitrogens is 3. The zero-order valence-electron chi connectivity index (χ0n) is 15.6. The minimum Gasteiger partial charge on any atom is -0.497 e. The highest BCUT2D eigenvalue weighted by molar-refractivity contribution is 7.17. The number of ether oxygens (including phenoxy) is 3. The molecule has 2 N–H and O–H groups in total. The van der Waals surface area contributed by atoms with Gasteiger partial charge in [0.25, 0.3) is 0 Å². The largest absolute Gasteiger partial charge is 0.497 e. The Bertz CT molecular complexity index is 971. The van der Waals surface area contributed by atoms with Crippen LogP contribution < -0.4 is 9.64 Å². The van der Waals surface area contributed by atoms with Crippen molar-refractivity contribution in [1.82, 2.24) is 14.6 Å². The van der Waals surface area contributed by atoms with Crippen LogP contribution in [-0.4, -0.2) is 58.9 Å². The fraction of sp³-hybridized carbons (Fsp3) is 0.474. The number of thiazole rings is 1. The zero-order chi connectivity index (χ0) is 19.1. The van der Waals surface area contributed by atoms with E-state index in [-0.39, 0.29) is 11.9 Å². The molecule has 2 aromatic heterocycles. The van der Waals surface area contributed by atoms with Crippen LogP contribution >= 0.6 is 11.3 Å². The molecule has 2 fully saturated rings. The summed E-state index contributed by atoms with van der Waals surface area (Å²) in [6.45, 7) is 3.11. The standard InChI is InChI=1S/C19H22N4O4S/c1-25-14-4-2-3-13(11-14)15(16-17(24)23-18(28-16)20-12-21-23)22-7-5-19(6-8-22)26-9-10-27-19/h2-4,11-12,15,24H,5-10H2,1H3/p+1/t15-/m1/s1. The third-order valence-electron chi connectivity index (χ3n) is 5.70. The van der Waals surface area contributed by atoms with Gasteiger partial charge in [0, 0.05) is 5.56 Å². The van der Waals surface area contributed by atoms with E-state index in [4.69, 9.17) is 14.2 Å². The fourth-order valence-corrected chi connectivity index (χ4v) is 5.42. The molecule has 0 amide bonds. The highest BCUT2D eigenvalue weighted by atomic mass is 32.1. The van der Waals surface area contributed by atoms with Crippen molar-refractivity contribution >= 4 is 16.3 Å². The van der Waals surface area contributed by atoms with E-state index in [0.29, 0.717) is 18.2 Å². The summed E-state index contributed by atoms with van der Waals surface area (Å²) in [5.74, 6) is 0.541. The Labute approximate surface area is 166 Å². The second-order valence-electron chi connectivity index (χ2n) is 7.22. The van der Waals surface area contributed by atoms with Gasteiger partial charge >= 0.3 is 0 Å². The quantitative estimate of drug-likeness (QED) is 0.677. The van der Waals surface area contributed by atoms with Gasteiger partial charge in [0.15, 0.2) is 11.8 Å². The SMILES string of the molecule is COc1cccc([C@H](c2sc3ncnn3c2O)[NH+]2CCC3(CC2)OCCO3)c1. The number of likely N-dealkylation sites (tertiary alicyclic amines) is 1. The topological polar surface area (TPSA) is 82.6 Å². The Balaban J connectivity index is 1.53. The number of hydrogen-bond acceptors (Lipinski definition) is 7. The second kappa shape index (κ2) is 7.00. The fourth-order valence-electron chi connectivity index (χ4n) is 4.30. The average molecular weight is 403 g/mol. The van der Waals surface area contributed by atoms with Gasteiger partial charge in [-0.05, 0) is 12.1 Å². The summed E-state index contributed by atoms with van der Waals surface area (Å²) >= 11 is 1.48. The number of aromatic hydroxyl groups is 1. The number of piperidine rings is 1. The lowest BCUT2D eigenvalue weighted by Crippen LogP contribution is -3.14. The molecule has 0 radical (unpaired) electrons. The van der Waals surface area contributed by atoms with Gasteiger partial charge in [-0.25, -0.2) is 4.98 Å². The van der Waals surface area contributed by atoms with Crippen molar-refractivity contribution in [3.05, 3.63) is 41.0 Å². The maximum absolute atomic E-state index is 10.8. The Morgan fingerprint density at radius 3 is 2.79 bits per heavy atom. The molecule has 0 unspecified atom stereocenters. The Hall–Kier alpha value is -2.20. The van der Waals surface area contributed by atoms with Gasteiger partial charge < -0.3 is 24.2 Å². The number of nitrogens with zero attached hydrogens (tertiary/aromatic N) is 3. The third kappa shape index (κ3) is 2.95. The van der Waals surface area contributed by atoms with E-state index in [1.807, 2.05) is 18.2 Å². The summed E-state index contributed by atoms with van der Waals surface area (Å²) in [5, 5.41) is 15.0. The van der Waals surface area contributed by atoms with Crippen LogP contribution in [0.1, 0.15) is 29.3 Å². The zero-order valence-corrected chi connectivity index (χ0v) is 16.4. The molecule has 28 heavy (non-hydrogen) atoms. The van der Waals surface area contributed by atoms with Crippen molar-refractivity contribution in [2.45, 2.75) is 24.7 Å². The van der Waals surface area contributed by atoms with E-state index in [0.717, 1.165) is 42.1 Å². The lowest BCUT2D eigenvalue weighted by atomic mass is 9.97. The van der Waals surface area contributed by atoms with E-state index in [9.17, 15) is 5.11 Å². The van der Waals surface area contributed by atoms with Gasteiger partial charge in [0.1, 0.15) is 17.0 Å². The van der Waals surface area contributed by atoms with Crippen LogP contribution in [0.15, 0.2) is 30.6 Å². The highest BCUT2D eigenvalue weighted by Crippen LogP contribution is 2.36. The maximum Gasteiger partial charge on any atom is 0.235 e. The molecule has 1 atom stereocenters. The molecule has 2 saturated heterocycles. The van der Waals surface area contributed by atoms with Crippen LogP contribution in [-0.2, 0) is 9.47 Å². The molecule has 8 nitrogen and oxygen atoms in total. The van der Waals surface area contributed by atoms with Crippen molar-refractivity contribution in [3.8, 4) is 11.6 Å². The monoisotopic (exact) mass is 403 g/mol. The summed E-state index contributed by atoms with van der Waals surface area (Å²) in [4.78, 5) is 7.16. The Morgan fingerprint density at radius 2 is 2.07 bits per heavy atom. The van der Waals surface area contributed by atoms with E-state index < -0.39 is 5.79 Å². The Morgan fingerprint density at radius 1 is 1.29 bits per heavy atom. The molecular weight excluding hydrogens is 380 g/mol. The van der Waals surface area contributed by atoms with Crippen molar-refractivity contribution in [2.75, 3.05) is 33.4 Å². The van der Waals surface area contributed by atoms with Gasteiger partial charge in [-0.2, -0.15) is 9.61 Å². The number of fused-ring (bicyclic) bond motifs is 1. The Kier molecular flexibility index (Phi) is 4.47. The maximum atomic E-state index is 10.8. The molecule has 148 valence electrons. The van der Waals surface area contributed by atoms with E-state index in [2.05, 4.69) is 16.1 Å². The molecule has 3 aromatic rings. The van der Waals surface area contributed by atoms with Crippen molar-refractivity contribution < 1.29 is 24.2 Å². The van der Waals surface area contributed by atoms with Gasteiger partial charge in [0.05, 0.1) is 46.3 Å². The van der Waals surface area contributed by atoms with Crippen molar-refractivity contribution in [1.29, 1.82) is 0 Å². The summed E-state index contributed by atoms with van der Waals surface area (Å²) in [6.07, 6.45) is 3.14. The molecule has 0 saturated carbocycles. The first-order valence-electron chi connectivity index (χ1n) is 9.47. The van der Waals surface area contributed by atoms with Crippen molar-refractivity contribution in [3.63, 3.8) is 0 Å². The lowest BCUT2D eigenvalue weighted by Gasteiger charge is -2.38. The predicted octanol–water partition coefficient (Wildman–Crippen LogP) is 1.02. The van der Waals surface area contributed by atoms with Crippen LogP contribution in [0.25, 0.3) is 4.96 Å². The normalized spacial score (nSPS) is 20.8. The van der Waals surface area contributed by atoms with Crippen LogP contribution in [0.5, 0.6) is 11.6 Å². The molecule has 9 heteroatoms. The average Bonchev–Trinajstić information content (AvgIpc) is 3.44. The van der Waals surface area contributed by atoms with E-state index in [1.54, 1.807) is 7.11 Å².